The number of para-hydroxylation sites is 1. The molecule has 0 spiro atoms. The van der Waals surface area contributed by atoms with E-state index in [4.69, 9.17) is 9.15 Å². The van der Waals surface area contributed by atoms with E-state index in [0.29, 0.717) is 17.1 Å². The van der Waals surface area contributed by atoms with Gasteiger partial charge in [-0.3, -0.25) is 9.52 Å². The van der Waals surface area contributed by atoms with Gasteiger partial charge in [-0.1, -0.05) is 45.7 Å². The number of thiol groups is 1. The van der Waals surface area contributed by atoms with E-state index >= 15 is 0 Å². The molecule has 0 saturated carbocycles. The van der Waals surface area contributed by atoms with Crippen LogP contribution in [0.1, 0.15) is 39.0 Å². The molecule has 0 saturated heterocycles. The van der Waals surface area contributed by atoms with E-state index in [1.807, 2.05) is 24.3 Å². The molecule has 0 aliphatic carbocycles. The van der Waals surface area contributed by atoms with Crippen LogP contribution in [-0.4, -0.2) is 20.2 Å². The molecule has 1 heterocycles. The molecule has 23 heavy (non-hydrogen) atoms. The Morgan fingerprint density at radius 1 is 1.30 bits per heavy atom. The van der Waals surface area contributed by atoms with Crippen LogP contribution >= 0.6 is 12.8 Å². The van der Waals surface area contributed by atoms with Crippen molar-refractivity contribution < 1.29 is 18.7 Å². The van der Waals surface area contributed by atoms with Crippen molar-refractivity contribution in [1.82, 2.24) is 4.72 Å². The topological polar surface area (TPSA) is 60.7 Å². The highest BCUT2D eigenvalue weighted by molar-refractivity contribution is 7.78. The fourth-order valence-corrected chi connectivity index (χ4v) is 2.07. The Labute approximate surface area is 142 Å². The summed E-state index contributed by atoms with van der Waals surface area (Å²) in [5.74, 6) is 1.76. The number of furan rings is 1. The van der Waals surface area contributed by atoms with Gasteiger partial charge in [0, 0.05) is 5.39 Å². The third-order valence-electron chi connectivity index (χ3n) is 2.84. The summed E-state index contributed by atoms with van der Waals surface area (Å²) in [5.41, 5.74) is 0.651. The van der Waals surface area contributed by atoms with Crippen LogP contribution in [0.25, 0.3) is 11.0 Å². The fourth-order valence-electron chi connectivity index (χ4n) is 1.85. The maximum absolute atomic E-state index is 11.3. The summed E-state index contributed by atoms with van der Waals surface area (Å²) in [6, 6.07) is 7.11. The molecule has 1 unspecified atom stereocenters. The average molecular weight is 339 g/mol. The minimum Gasteiger partial charge on any atom is -0.493 e. The van der Waals surface area contributed by atoms with E-state index in [0.717, 1.165) is 11.3 Å². The summed E-state index contributed by atoms with van der Waals surface area (Å²) in [5, 5.41) is 0.910. The molecule has 0 amide bonds. The van der Waals surface area contributed by atoms with Gasteiger partial charge < -0.3 is 13.9 Å². The molecule has 5 nitrogen and oxygen atoms in total. The van der Waals surface area contributed by atoms with Crippen molar-refractivity contribution in [3.05, 3.63) is 30.0 Å². The quantitative estimate of drug-likeness (QED) is 0.633. The van der Waals surface area contributed by atoms with Gasteiger partial charge in [0.05, 0.1) is 26.7 Å². The zero-order chi connectivity index (χ0) is 17.4. The summed E-state index contributed by atoms with van der Waals surface area (Å²) < 4.78 is 18.4. The summed E-state index contributed by atoms with van der Waals surface area (Å²) in [7, 11) is 2.93. The van der Waals surface area contributed by atoms with Gasteiger partial charge in [0.15, 0.2) is 11.3 Å². The summed E-state index contributed by atoms with van der Waals surface area (Å²) in [4.78, 5) is 11.3. The Morgan fingerprint density at radius 3 is 2.48 bits per heavy atom. The lowest BCUT2D eigenvalue weighted by molar-refractivity contribution is -0.141. The number of hydrogen-bond donors (Lipinski definition) is 2. The van der Waals surface area contributed by atoms with Crippen molar-refractivity contribution in [2.45, 2.75) is 33.2 Å². The van der Waals surface area contributed by atoms with E-state index < -0.39 is 0 Å². The van der Waals surface area contributed by atoms with Crippen molar-refractivity contribution in [3.63, 3.8) is 0 Å². The third-order valence-corrected chi connectivity index (χ3v) is 3.16. The van der Waals surface area contributed by atoms with Gasteiger partial charge in [-0.05, 0) is 18.1 Å². The predicted octanol–water partition coefficient (Wildman–Crippen LogP) is 4.14. The molecule has 1 N–H and O–H groups in total. The molecule has 0 bridgehead atoms. The van der Waals surface area contributed by atoms with Crippen LogP contribution in [0.3, 0.4) is 0 Å². The molecule has 6 heteroatoms. The molecular formula is C17H25NO4S. The minimum atomic E-state index is -0.354. The van der Waals surface area contributed by atoms with Crippen LogP contribution in [-0.2, 0) is 9.53 Å². The van der Waals surface area contributed by atoms with Crippen molar-refractivity contribution in [2.24, 2.45) is 5.92 Å². The van der Waals surface area contributed by atoms with E-state index in [9.17, 15) is 4.79 Å². The lowest BCUT2D eigenvalue weighted by atomic mass is 10.1. The lowest BCUT2D eigenvalue weighted by Gasteiger charge is -2.10. The summed E-state index contributed by atoms with van der Waals surface area (Å²) in [6.45, 7) is 6.50. The highest BCUT2D eigenvalue weighted by atomic mass is 32.1. The third kappa shape index (κ3) is 5.80. The first-order valence-corrected chi connectivity index (χ1v) is 7.90. The number of nitrogens with one attached hydrogen (secondary N) is 1. The first kappa shape index (κ1) is 19.4. The van der Waals surface area contributed by atoms with Gasteiger partial charge in [-0.15, -0.1) is 0 Å². The molecule has 1 atom stereocenters. The summed E-state index contributed by atoms with van der Waals surface area (Å²) >= 11 is 4.02. The molecule has 2 aromatic rings. The molecule has 0 radical (unpaired) electrons. The number of hydrogen-bond acceptors (Lipinski definition) is 6. The molecule has 0 aliphatic rings. The molecule has 0 fully saturated rings. The van der Waals surface area contributed by atoms with Gasteiger partial charge in [0.25, 0.3) is 0 Å². The second-order valence-corrected chi connectivity index (χ2v) is 5.98. The molecule has 1 aromatic carbocycles. The predicted molar refractivity (Wildman–Crippen MR) is 94.8 cm³/mol. The van der Waals surface area contributed by atoms with Gasteiger partial charge in [-0.25, -0.2) is 0 Å². The van der Waals surface area contributed by atoms with Crippen LogP contribution < -0.4 is 9.46 Å². The SMILES string of the molecule is CC(C)C.COC(=O)CC(NS)c1cc2cccc(OC)c2o1. The van der Waals surface area contributed by atoms with Gasteiger partial charge in [0.2, 0.25) is 0 Å². The fraction of sp³-hybridized carbons (Fsp3) is 0.471. The lowest BCUT2D eigenvalue weighted by Crippen LogP contribution is -2.16. The zero-order valence-electron chi connectivity index (χ0n) is 14.3. The number of esters is 1. The number of rotatable bonds is 5. The van der Waals surface area contributed by atoms with E-state index in [2.05, 4.69) is 43.0 Å². The maximum atomic E-state index is 11.3. The van der Waals surface area contributed by atoms with Crippen molar-refractivity contribution >= 4 is 29.8 Å². The van der Waals surface area contributed by atoms with Crippen molar-refractivity contribution in [3.8, 4) is 5.75 Å². The Bertz CT molecular complexity index is 621. The Morgan fingerprint density at radius 2 is 1.96 bits per heavy atom. The number of fused-ring (bicyclic) bond motifs is 1. The van der Waals surface area contributed by atoms with Gasteiger partial charge in [-0.2, -0.15) is 0 Å². The van der Waals surface area contributed by atoms with Gasteiger partial charge >= 0.3 is 5.97 Å². The molecule has 1 aromatic heterocycles. The van der Waals surface area contributed by atoms with Crippen LogP contribution in [0.15, 0.2) is 28.7 Å². The highest BCUT2D eigenvalue weighted by Gasteiger charge is 2.20. The monoisotopic (exact) mass is 339 g/mol. The largest absolute Gasteiger partial charge is 0.493 e. The number of carbonyl (C=O) groups is 1. The summed E-state index contributed by atoms with van der Waals surface area (Å²) in [6.07, 6.45) is 0.141. The molecule has 128 valence electrons. The smallest absolute Gasteiger partial charge is 0.307 e. The highest BCUT2D eigenvalue weighted by Crippen LogP contribution is 2.32. The van der Waals surface area contributed by atoms with E-state index in [-0.39, 0.29) is 18.4 Å². The Balaban J connectivity index is 0.000000593. The number of carbonyl (C=O) groups excluding carboxylic acids is 1. The Kier molecular flexibility index (Phi) is 7.98. The maximum Gasteiger partial charge on any atom is 0.307 e. The second-order valence-electron chi connectivity index (χ2n) is 5.72. The number of methoxy groups -OCH3 is 2. The molecule has 0 aliphatic heterocycles. The van der Waals surface area contributed by atoms with Crippen LogP contribution in [0.4, 0.5) is 0 Å². The Hall–Kier alpha value is -1.66. The second kappa shape index (κ2) is 9.47. The van der Waals surface area contributed by atoms with Crippen molar-refractivity contribution in [2.75, 3.05) is 14.2 Å². The van der Waals surface area contributed by atoms with Crippen LogP contribution in [0.5, 0.6) is 5.75 Å². The van der Waals surface area contributed by atoms with E-state index in [1.54, 1.807) is 7.11 Å². The number of ether oxygens (including phenoxy) is 2. The van der Waals surface area contributed by atoms with Crippen LogP contribution in [0.2, 0.25) is 0 Å². The van der Waals surface area contributed by atoms with Crippen LogP contribution in [0, 0.1) is 5.92 Å². The normalized spacial score (nSPS) is 11.8. The van der Waals surface area contributed by atoms with Crippen molar-refractivity contribution in [1.29, 1.82) is 0 Å². The average Bonchev–Trinajstić information content (AvgIpc) is 2.95. The molecule has 2 rings (SSSR count). The first-order chi connectivity index (χ1) is 10.9. The zero-order valence-corrected chi connectivity index (χ0v) is 15.1. The molecular weight excluding hydrogens is 314 g/mol. The van der Waals surface area contributed by atoms with Gasteiger partial charge in [0.1, 0.15) is 5.76 Å². The van der Waals surface area contributed by atoms with E-state index in [1.165, 1.54) is 7.11 Å². The first-order valence-electron chi connectivity index (χ1n) is 7.45. The minimum absolute atomic E-state index is 0.141. The number of benzene rings is 1. The standard InChI is InChI=1S/C13H15NO4S.C4H10/c1-16-10-5-3-4-8-6-11(18-13(8)10)9(14-19)7-12(15)17-2;1-4(2)3/h3-6,9,14,19H,7H2,1-2H3;4H,1-3H3.